The van der Waals surface area contributed by atoms with Gasteiger partial charge in [0.2, 0.25) is 10.0 Å². The van der Waals surface area contributed by atoms with Crippen LogP contribution in [0, 0.1) is 0 Å². The van der Waals surface area contributed by atoms with Gasteiger partial charge in [0.05, 0.1) is 11.4 Å². The number of hydrogen-bond donors (Lipinski definition) is 2. The molecule has 0 aliphatic carbocycles. The molecular weight excluding hydrogens is 356 g/mol. The van der Waals surface area contributed by atoms with Crippen LogP contribution in [0.15, 0.2) is 34.2 Å². The standard InChI is InChI=1S/C17H28N4O2S2/c1-4-18-17(20-13-15-9-7-11-24-15)19-12-14-8-5-6-10-16(14)25(22,23)21(2)3/h5-6,8,10,15H,4,7,9,11-13H2,1-3H3,(H2,18,19,20). The number of guanidine groups is 1. The Morgan fingerprint density at radius 2 is 2.08 bits per heavy atom. The van der Waals surface area contributed by atoms with Crippen LogP contribution in [0.1, 0.15) is 25.3 Å². The maximum Gasteiger partial charge on any atom is 0.242 e. The van der Waals surface area contributed by atoms with Gasteiger partial charge in [-0.3, -0.25) is 0 Å². The normalized spacial score (nSPS) is 18.6. The Balaban J connectivity index is 2.11. The van der Waals surface area contributed by atoms with Crippen molar-refractivity contribution < 1.29 is 8.42 Å². The highest BCUT2D eigenvalue weighted by Crippen LogP contribution is 2.25. The second kappa shape index (κ2) is 9.45. The number of thioether (sulfide) groups is 1. The molecule has 25 heavy (non-hydrogen) atoms. The molecule has 0 aromatic heterocycles. The van der Waals surface area contributed by atoms with Crippen LogP contribution in [0.4, 0.5) is 0 Å². The van der Waals surface area contributed by atoms with Crippen LogP contribution < -0.4 is 10.6 Å². The van der Waals surface area contributed by atoms with Crippen molar-refractivity contribution >= 4 is 27.7 Å². The summed E-state index contributed by atoms with van der Waals surface area (Å²) in [6.07, 6.45) is 2.52. The molecule has 140 valence electrons. The molecule has 1 unspecified atom stereocenters. The van der Waals surface area contributed by atoms with E-state index in [2.05, 4.69) is 15.6 Å². The first kappa shape index (κ1) is 20.1. The summed E-state index contributed by atoms with van der Waals surface area (Å²) in [5.41, 5.74) is 0.698. The van der Waals surface area contributed by atoms with E-state index in [9.17, 15) is 8.42 Å². The van der Waals surface area contributed by atoms with E-state index >= 15 is 0 Å². The van der Waals surface area contributed by atoms with E-state index in [0.29, 0.717) is 22.3 Å². The molecule has 1 heterocycles. The van der Waals surface area contributed by atoms with E-state index < -0.39 is 10.0 Å². The summed E-state index contributed by atoms with van der Waals surface area (Å²) in [4.78, 5) is 4.89. The van der Waals surface area contributed by atoms with Crippen LogP contribution in [0.5, 0.6) is 0 Å². The summed E-state index contributed by atoms with van der Waals surface area (Å²) in [6, 6.07) is 7.03. The molecule has 2 N–H and O–H groups in total. The summed E-state index contributed by atoms with van der Waals surface area (Å²) >= 11 is 2.00. The van der Waals surface area contributed by atoms with Crippen LogP contribution in [-0.2, 0) is 16.6 Å². The monoisotopic (exact) mass is 384 g/mol. The zero-order chi connectivity index (χ0) is 18.3. The number of sulfonamides is 1. The summed E-state index contributed by atoms with van der Waals surface area (Å²) in [7, 11) is -0.389. The molecular formula is C17H28N4O2S2. The molecule has 6 nitrogen and oxygen atoms in total. The van der Waals surface area contributed by atoms with Gasteiger partial charge in [-0.25, -0.2) is 17.7 Å². The van der Waals surface area contributed by atoms with Crippen molar-refractivity contribution in [2.45, 2.75) is 36.5 Å². The molecule has 0 radical (unpaired) electrons. The molecule has 1 aromatic rings. The fourth-order valence-corrected chi connectivity index (χ4v) is 4.91. The van der Waals surface area contributed by atoms with Crippen LogP contribution in [-0.4, -0.2) is 56.9 Å². The zero-order valence-electron chi connectivity index (χ0n) is 15.2. The van der Waals surface area contributed by atoms with Crippen molar-refractivity contribution in [3.05, 3.63) is 29.8 Å². The summed E-state index contributed by atoms with van der Waals surface area (Å²) in [5.74, 6) is 1.96. The smallest absolute Gasteiger partial charge is 0.242 e. The topological polar surface area (TPSA) is 73.8 Å². The van der Waals surface area contributed by atoms with Gasteiger partial charge < -0.3 is 10.6 Å². The first-order valence-electron chi connectivity index (χ1n) is 8.59. The van der Waals surface area contributed by atoms with Crippen LogP contribution in [0.25, 0.3) is 0 Å². The third-order valence-corrected chi connectivity index (χ3v) is 7.32. The largest absolute Gasteiger partial charge is 0.357 e. The second-order valence-corrected chi connectivity index (χ2v) is 9.63. The Morgan fingerprint density at radius 1 is 1.32 bits per heavy atom. The van der Waals surface area contributed by atoms with Crippen molar-refractivity contribution in [2.24, 2.45) is 4.99 Å². The van der Waals surface area contributed by atoms with E-state index in [0.717, 1.165) is 19.0 Å². The molecule has 0 saturated carbocycles. The van der Waals surface area contributed by atoms with Gasteiger partial charge in [-0.15, -0.1) is 0 Å². The molecule has 1 fully saturated rings. The van der Waals surface area contributed by atoms with Gasteiger partial charge in [-0.05, 0) is 37.1 Å². The van der Waals surface area contributed by atoms with Gasteiger partial charge in [0, 0.05) is 32.4 Å². The maximum absolute atomic E-state index is 12.5. The highest BCUT2D eigenvalue weighted by atomic mass is 32.2. The number of hydrogen-bond acceptors (Lipinski definition) is 4. The SMILES string of the molecule is CCNC(=NCc1ccccc1S(=O)(=O)N(C)C)NCC1CCCS1. The van der Waals surface area contributed by atoms with Crippen LogP contribution in [0.3, 0.4) is 0 Å². The zero-order valence-corrected chi connectivity index (χ0v) is 16.8. The van der Waals surface area contributed by atoms with E-state index in [1.165, 1.54) is 22.9 Å². The maximum atomic E-state index is 12.5. The third kappa shape index (κ3) is 5.62. The van der Waals surface area contributed by atoms with E-state index in [-0.39, 0.29) is 0 Å². The number of rotatable bonds is 7. The fourth-order valence-electron chi connectivity index (χ4n) is 2.60. The number of nitrogens with one attached hydrogen (secondary N) is 2. The van der Waals surface area contributed by atoms with Crippen LogP contribution >= 0.6 is 11.8 Å². The molecule has 2 rings (SSSR count). The van der Waals surface area contributed by atoms with Gasteiger partial charge in [-0.2, -0.15) is 11.8 Å². The minimum Gasteiger partial charge on any atom is -0.357 e. The number of benzene rings is 1. The highest BCUT2D eigenvalue weighted by Gasteiger charge is 2.20. The lowest BCUT2D eigenvalue weighted by Gasteiger charge is -2.16. The highest BCUT2D eigenvalue weighted by molar-refractivity contribution is 8.00. The van der Waals surface area contributed by atoms with Gasteiger partial charge in [-0.1, -0.05) is 18.2 Å². The lowest BCUT2D eigenvalue weighted by atomic mass is 10.2. The van der Waals surface area contributed by atoms with Crippen molar-refractivity contribution in [2.75, 3.05) is 32.9 Å². The third-order valence-electron chi connectivity index (χ3n) is 4.00. The molecule has 1 atom stereocenters. The summed E-state index contributed by atoms with van der Waals surface area (Å²) in [5, 5.41) is 7.23. The Kier molecular flexibility index (Phi) is 7.58. The fraction of sp³-hybridized carbons (Fsp3) is 0.588. The average Bonchev–Trinajstić information content (AvgIpc) is 3.11. The second-order valence-electron chi connectivity index (χ2n) is 6.11. The lowest BCUT2D eigenvalue weighted by molar-refractivity contribution is 0.519. The molecule has 8 heteroatoms. The predicted octanol–water partition coefficient (Wildman–Crippen LogP) is 1.89. The first-order chi connectivity index (χ1) is 11.9. The van der Waals surface area contributed by atoms with Crippen LogP contribution in [0.2, 0.25) is 0 Å². The summed E-state index contributed by atoms with van der Waals surface area (Å²) in [6.45, 7) is 3.98. The molecule has 1 aliphatic heterocycles. The molecule has 0 bridgehead atoms. The molecule has 0 spiro atoms. The summed E-state index contributed by atoms with van der Waals surface area (Å²) < 4.78 is 26.2. The Morgan fingerprint density at radius 3 is 2.72 bits per heavy atom. The Labute approximate surface area is 155 Å². The molecule has 1 aromatic carbocycles. The van der Waals surface area contributed by atoms with E-state index in [1.54, 1.807) is 26.2 Å². The average molecular weight is 385 g/mol. The Hall–Kier alpha value is -1.25. The lowest BCUT2D eigenvalue weighted by Crippen LogP contribution is -2.40. The van der Waals surface area contributed by atoms with Gasteiger partial charge in [0.1, 0.15) is 0 Å². The molecule has 0 amide bonds. The van der Waals surface area contributed by atoms with Gasteiger partial charge in [0.25, 0.3) is 0 Å². The molecule has 1 saturated heterocycles. The quantitative estimate of drug-likeness (QED) is 0.555. The van der Waals surface area contributed by atoms with Crippen molar-refractivity contribution in [3.63, 3.8) is 0 Å². The first-order valence-corrected chi connectivity index (χ1v) is 11.1. The minimum absolute atomic E-state index is 0.311. The van der Waals surface area contributed by atoms with E-state index in [4.69, 9.17) is 0 Å². The number of nitrogens with zero attached hydrogens (tertiary/aromatic N) is 2. The van der Waals surface area contributed by atoms with Crippen molar-refractivity contribution in [3.8, 4) is 0 Å². The van der Waals surface area contributed by atoms with E-state index in [1.807, 2.05) is 30.8 Å². The van der Waals surface area contributed by atoms with Gasteiger partial charge in [0.15, 0.2) is 5.96 Å². The van der Waals surface area contributed by atoms with Gasteiger partial charge >= 0.3 is 0 Å². The predicted molar refractivity (Wildman–Crippen MR) is 106 cm³/mol. The van der Waals surface area contributed by atoms with Crippen molar-refractivity contribution in [1.82, 2.24) is 14.9 Å². The molecule has 1 aliphatic rings. The van der Waals surface area contributed by atoms with Crippen molar-refractivity contribution in [1.29, 1.82) is 0 Å². The Bertz CT molecular complexity index is 684. The minimum atomic E-state index is -3.47. The number of aliphatic imine (C=N–C) groups is 1.